The minimum Gasteiger partial charge on any atom is -0.411 e. The number of fused-ring (bicyclic) bond motifs is 1. The first-order chi connectivity index (χ1) is 9.54. The summed E-state index contributed by atoms with van der Waals surface area (Å²) in [6.45, 7) is 11.8. The number of halogens is 2. The molecular weight excluding hydrogens is 368 g/mol. The summed E-state index contributed by atoms with van der Waals surface area (Å²) in [7, 11) is 0.141. The van der Waals surface area contributed by atoms with Crippen LogP contribution in [0, 0.1) is 0 Å². The Morgan fingerprint density at radius 2 is 1.95 bits per heavy atom. The smallest absolute Gasteiger partial charge is 0.192 e. The fourth-order valence-corrected chi connectivity index (χ4v) is 3.44. The van der Waals surface area contributed by atoms with E-state index in [4.69, 9.17) is 16.0 Å². The van der Waals surface area contributed by atoms with Crippen molar-refractivity contribution in [3.8, 4) is 0 Å². The fraction of sp³-hybridized carbons (Fsp3) is 0.533. The lowest BCUT2D eigenvalue weighted by Crippen LogP contribution is -2.40. The maximum atomic E-state index is 6.44. The highest BCUT2D eigenvalue weighted by Gasteiger charge is 2.37. The zero-order valence-corrected chi connectivity index (χ0v) is 16.8. The van der Waals surface area contributed by atoms with E-state index in [1.807, 2.05) is 23.9 Å². The molecule has 0 fully saturated rings. The lowest BCUT2D eigenvalue weighted by molar-refractivity contribution is 0.268. The Morgan fingerprint density at radius 1 is 1.33 bits per heavy atom. The molecule has 2 rings (SSSR count). The second-order valence-electron chi connectivity index (χ2n) is 6.87. The minimum atomic E-state index is -1.80. The van der Waals surface area contributed by atoms with E-state index in [1.54, 1.807) is 0 Å². The molecule has 0 aliphatic rings. The van der Waals surface area contributed by atoms with Gasteiger partial charge in [0.25, 0.3) is 0 Å². The van der Waals surface area contributed by atoms with Crippen molar-refractivity contribution in [2.75, 3.05) is 0 Å². The van der Waals surface area contributed by atoms with Crippen LogP contribution < -0.4 is 0 Å². The van der Waals surface area contributed by atoms with E-state index in [-0.39, 0.29) is 5.04 Å². The largest absolute Gasteiger partial charge is 0.411 e. The molecule has 1 heterocycles. The van der Waals surface area contributed by atoms with Crippen LogP contribution in [0.1, 0.15) is 26.5 Å². The van der Waals surface area contributed by atoms with Crippen LogP contribution in [0.25, 0.3) is 10.9 Å². The van der Waals surface area contributed by atoms with Gasteiger partial charge in [0.15, 0.2) is 8.32 Å². The SMILES string of the molecule is Cn1nc2ccc(Br)c(Cl)c2c1CO[Si](C)(C)C(C)(C)C. The van der Waals surface area contributed by atoms with Crippen molar-refractivity contribution >= 4 is 46.8 Å². The standard InChI is InChI=1S/C15H22BrClN2OSi/c1-15(2,3)21(5,6)20-9-12-13-11(18-19(12)4)8-7-10(16)14(13)17/h7-8H,9H2,1-6H3. The van der Waals surface area contributed by atoms with E-state index in [0.29, 0.717) is 11.6 Å². The lowest BCUT2D eigenvalue weighted by Gasteiger charge is -2.36. The molecule has 116 valence electrons. The molecule has 0 unspecified atom stereocenters. The van der Waals surface area contributed by atoms with E-state index in [1.165, 1.54) is 0 Å². The highest BCUT2D eigenvalue weighted by molar-refractivity contribution is 9.10. The molecule has 0 atom stereocenters. The topological polar surface area (TPSA) is 27.1 Å². The molecule has 0 radical (unpaired) electrons. The number of aryl methyl sites for hydroxylation is 1. The van der Waals surface area contributed by atoms with Crippen molar-refractivity contribution in [2.45, 2.75) is 45.5 Å². The maximum Gasteiger partial charge on any atom is 0.192 e. The minimum absolute atomic E-state index is 0.186. The van der Waals surface area contributed by atoms with E-state index in [2.05, 4.69) is 54.9 Å². The first-order valence-corrected chi connectivity index (χ1v) is 11.1. The van der Waals surface area contributed by atoms with Gasteiger partial charge in [-0.2, -0.15) is 5.10 Å². The van der Waals surface area contributed by atoms with Crippen molar-refractivity contribution in [1.29, 1.82) is 0 Å². The molecule has 3 nitrogen and oxygen atoms in total. The molecule has 0 saturated carbocycles. The van der Waals surface area contributed by atoms with Gasteiger partial charge in [0.05, 0.1) is 22.8 Å². The monoisotopic (exact) mass is 388 g/mol. The Balaban J connectivity index is 2.40. The summed E-state index contributed by atoms with van der Waals surface area (Å²) in [6, 6.07) is 3.90. The van der Waals surface area contributed by atoms with E-state index < -0.39 is 8.32 Å². The summed E-state index contributed by atoms with van der Waals surface area (Å²) in [5, 5.41) is 6.39. The predicted molar refractivity (Wildman–Crippen MR) is 95.4 cm³/mol. The molecule has 1 aromatic heterocycles. The quantitative estimate of drug-likeness (QED) is 0.647. The van der Waals surface area contributed by atoms with Crippen LogP contribution in [-0.4, -0.2) is 18.1 Å². The number of aromatic nitrogens is 2. The van der Waals surface area contributed by atoms with Gasteiger partial charge >= 0.3 is 0 Å². The fourth-order valence-electron chi connectivity index (χ4n) is 1.91. The normalized spacial score (nSPS) is 13.1. The predicted octanol–water partition coefficient (Wildman–Crippen LogP) is 5.51. The molecule has 6 heteroatoms. The maximum absolute atomic E-state index is 6.44. The van der Waals surface area contributed by atoms with Crippen molar-refractivity contribution in [3.63, 3.8) is 0 Å². The molecule has 21 heavy (non-hydrogen) atoms. The highest BCUT2D eigenvalue weighted by atomic mass is 79.9. The Kier molecular flexibility index (Phi) is 4.60. The van der Waals surface area contributed by atoms with Gasteiger partial charge in [-0.15, -0.1) is 0 Å². The van der Waals surface area contributed by atoms with Gasteiger partial charge in [-0.05, 0) is 46.2 Å². The van der Waals surface area contributed by atoms with Gasteiger partial charge in [-0.3, -0.25) is 4.68 Å². The third-order valence-corrected chi connectivity index (χ3v) is 10.1. The van der Waals surface area contributed by atoms with Crippen molar-refractivity contribution in [1.82, 2.24) is 9.78 Å². The molecule has 0 N–H and O–H groups in total. The van der Waals surface area contributed by atoms with Crippen LogP contribution >= 0.6 is 27.5 Å². The van der Waals surface area contributed by atoms with Crippen LogP contribution in [-0.2, 0) is 18.1 Å². The number of benzene rings is 1. The van der Waals surface area contributed by atoms with Crippen molar-refractivity contribution in [2.24, 2.45) is 7.05 Å². The van der Waals surface area contributed by atoms with E-state index in [0.717, 1.165) is 21.1 Å². The summed E-state index contributed by atoms with van der Waals surface area (Å²) in [5.74, 6) is 0. The van der Waals surface area contributed by atoms with Gasteiger partial charge in [-0.25, -0.2) is 0 Å². The molecule has 0 bridgehead atoms. The highest BCUT2D eigenvalue weighted by Crippen LogP contribution is 2.38. The Labute approximate surface area is 140 Å². The van der Waals surface area contributed by atoms with Gasteiger partial charge in [0.2, 0.25) is 0 Å². The molecule has 0 saturated heterocycles. The molecule has 0 aliphatic heterocycles. The molecule has 0 aliphatic carbocycles. The van der Waals surface area contributed by atoms with Gasteiger partial charge in [0.1, 0.15) is 0 Å². The van der Waals surface area contributed by atoms with Crippen LogP contribution in [0.5, 0.6) is 0 Å². The second kappa shape index (κ2) is 5.69. The molecular formula is C15H22BrClN2OSi. The van der Waals surface area contributed by atoms with Crippen LogP contribution in [0.3, 0.4) is 0 Å². The first-order valence-electron chi connectivity index (χ1n) is 6.98. The molecule has 1 aromatic carbocycles. The molecule has 0 spiro atoms. The average molecular weight is 390 g/mol. The van der Waals surface area contributed by atoms with Crippen LogP contribution in [0.15, 0.2) is 16.6 Å². The Bertz CT molecular complexity index is 676. The second-order valence-corrected chi connectivity index (χ2v) is 12.9. The summed E-state index contributed by atoms with van der Waals surface area (Å²) in [6.07, 6.45) is 0. The first kappa shape index (κ1) is 17.0. The zero-order valence-electron chi connectivity index (χ0n) is 13.4. The Hall–Kier alpha value is -0.363. The van der Waals surface area contributed by atoms with E-state index in [9.17, 15) is 0 Å². The zero-order chi connectivity index (χ0) is 16.0. The summed E-state index contributed by atoms with van der Waals surface area (Å²) < 4.78 is 9.08. The van der Waals surface area contributed by atoms with Crippen LogP contribution in [0.2, 0.25) is 23.2 Å². The summed E-state index contributed by atoms with van der Waals surface area (Å²) >= 11 is 9.92. The molecule has 2 aromatic rings. The lowest BCUT2D eigenvalue weighted by atomic mass is 10.2. The number of hydrogen-bond donors (Lipinski definition) is 0. The third-order valence-electron chi connectivity index (χ3n) is 4.39. The summed E-state index contributed by atoms with van der Waals surface area (Å²) in [4.78, 5) is 0. The molecule has 0 amide bonds. The third kappa shape index (κ3) is 3.21. The van der Waals surface area contributed by atoms with E-state index >= 15 is 0 Å². The number of nitrogens with zero attached hydrogens (tertiary/aromatic N) is 2. The van der Waals surface area contributed by atoms with Crippen molar-refractivity contribution in [3.05, 3.63) is 27.3 Å². The van der Waals surface area contributed by atoms with Gasteiger partial charge < -0.3 is 4.43 Å². The number of hydrogen-bond acceptors (Lipinski definition) is 2. The van der Waals surface area contributed by atoms with Crippen molar-refractivity contribution < 1.29 is 4.43 Å². The van der Waals surface area contributed by atoms with Gasteiger partial charge in [-0.1, -0.05) is 32.4 Å². The van der Waals surface area contributed by atoms with Crippen LogP contribution in [0.4, 0.5) is 0 Å². The Morgan fingerprint density at radius 3 is 2.52 bits per heavy atom. The average Bonchev–Trinajstić information content (AvgIpc) is 2.67. The van der Waals surface area contributed by atoms with Gasteiger partial charge in [0, 0.05) is 16.9 Å². The number of rotatable bonds is 3. The summed E-state index contributed by atoms with van der Waals surface area (Å²) in [5.41, 5.74) is 1.93.